The minimum Gasteiger partial charge on any atom is -0.497 e. The van der Waals surface area contributed by atoms with Gasteiger partial charge in [0.1, 0.15) is 5.75 Å². The molecule has 6 nitrogen and oxygen atoms in total. The number of amides is 1. The van der Waals surface area contributed by atoms with Gasteiger partial charge in [0.25, 0.3) is 5.56 Å². The predicted molar refractivity (Wildman–Crippen MR) is 144 cm³/mol. The first-order valence-electron chi connectivity index (χ1n) is 12.7. The summed E-state index contributed by atoms with van der Waals surface area (Å²) in [6, 6.07) is 16.8. The van der Waals surface area contributed by atoms with Crippen molar-refractivity contribution in [3.63, 3.8) is 0 Å². The molecule has 0 aliphatic heterocycles. The van der Waals surface area contributed by atoms with Crippen LogP contribution < -0.4 is 21.1 Å². The van der Waals surface area contributed by atoms with Crippen molar-refractivity contribution in [2.24, 2.45) is 17.3 Å². The molecule has 0 saturated heterocycles. The van der Waals surface area contributed by atoms with Crippen molar-refractivity contribution in [3.05, 3.63) is 70.5 Å². The van der Waals surface area contributed by atoms with Gasteiger partial charge in [0.2, 0.25) is 5.91 Å². The number of nitrogens with zero attached hydrogens (tertiary/aromatic N) is 1. The zero-order chi connectivity index (χ0) is 25.5. The Hall–Kier alpha value is -2.99. The summed E-state index contributed by atoms with van der Waals surface area (Å²) in [6.45, 7) is 4.65. The van der Waals surface area contributed by atoms with Gasteiger partial charge in [0.05, 0.1) is 24.9 Å². The van der Waals surface area contributed by atoms with Crippen molar-refractivity contribution in [1.82, 2.24) is 9.99 Å². The summed E-state index contributed by atoms with van der Waals surface area (Å²) in [5.74, 6) is 1.76. The fraction of sp³-hybridized carbons (Fsp3) is 0.448. The zero-order valence-electron chi connectivity index (χ0n) is 21.1. The molecule has 2 aromatic carbocycles. The molecule has 36 heavy (non-hydrogen) atoms. The Bertz CT molecular complexity index is 1320. The largest absolute Gasteiger partial charge is 0.497 e. The number of alkyl halides is 1. The third kappa shape index (κ3) is 4.96. The maximum Gasteiger partial charge on any atom is 0.251 e. The molecule has 2 N–H and O–H groups in total. The summed E-state index contributed by atoms with van der Waals surface area (Å²) in [6.07, 6.45) is 4.83. The number of carbonyl (C=O) groups is 1. The van der Waals surface area contributed by atoms with E-state index in [1.54, 1.807) is 17.7 Å². The fourth-order valence-electron chi connectivity index (χ4n) is 6.57. The number of carbonyl (C=O) groups excluding carboxylic acids is 1. The molecule has 0 radical (unpaired) electrons. The third-order valence-electron chi connectivity index (χ3n) is 7.96. The van der Waals surface area contributed by atoms with Gasteiger partial charge >= 0.3 is 0 Å². The molecular weight excluding hydrogens is 474 g/mol. The molecular formula is C29H34ClN3O3. The van der Waals surface area contributed by atoms with E-state index in [4.69, 9.17) is 16.3 Å². The van der Waals surface area contributed by atoms with Gasteiger partial charge in [-0.15, -0.1) is 11.6 Å². The molecule has 5 rings (SSSR count). The van der Waals surface area contributed by atoms with Crippen LogP contribution in [0.3, 0.4) is 0 Å². The van der Waals surface area contributed by atoms with Crippen LogP contribution in [0.4, 0.5) is 5.69 Å². The number of nitrogens with one attached hydrogen (secondary N) is 2. The summed E-state index contributed by atoms with van der Waals surface area (Å²) in [7, 11) is 1.63. The van der Waals surface area contributed by atoms with E-state index < -0.39 is 5.41 Å². The fourth-order valence-corrected chi connectivity index (χ4v) is 7.00. The van der Waals surface area contributed by atoms with Crippen LogP contribution in [0.15, 0.2) is 59.4 Å². The van der Waals surface area contributed by atoms with Gasteiger partial charge < -0.3 is 9.30 Å². The summed E-state index contributed by atoms with van der Waals surface area (Å²) in [4.78, 5) is 26.0. The molecule has 1 amide bonds. The highest BCUT2D eigenvalue weighted by atomic mass is 35.5. The van der Waals surface area contributed by atoms with Crippen molar-refractivity contribution < 1.29 is 9.53 Å². The predicted octanol–water partition coefficient (Wildman–Crippen LogP) is 5.72. The number of methoxy groups -OCH3 is 1. The Kier molecular flexibility index (Phi) is 6.50. The molecule has 190 valence electrons. The number of halogens is 1. The first-order valence-corrected chi connectivity index (χ1v) is 13.0. The van der Waals surface area contributed by atoms with Gasteiger partial charge in [-0.2, -0.15) is 0 Å². The average Bonchev–Trinajstić information content (AvgIpc) is 2.83. The summed E-state index contributed by atoms with van der Waals surface area (Å²) in [5.41, 5.74) is 8.21. The van der Waals surface area contributed by atoms with Crippen LogP contribution in [-0.4, -0.2) is 22.5 Å². The Labute approximate surface area is 217 Å². The Balaban J connectivity index is 1.34. The second-order valence-corrected chi connectivity index (χ2v) is 12.1. The van der Waals surface area contributed by atoms with Gasteiger partial charge in [0.15, 0.2) is 0 Å². The highest BCUT2D eigenvalue weighted by molar-refractivity contribution is 6.23. The number of fused-ring (bicyclic) bond motifs is 3. The van der Waals surface area contributed by atoms with Crippen LogP contribution in [-0.2, 0) is 11.3 Å². The van der Waals surface area contributed by atoms with Crippen LogP contribution in [0, 0.1) is 17.3 Å². The van der Waals surface area contributed by atoms with E-state index in [1.165, 1.54) is 6.42 Å². The van der Waals surface area contributed by atoms with Crippen LogP contribution in [0.25, 0.3) is 10.9 Å². The van der Waals surface area contributed by atoms with Crippen molar-refractivity contribution in [2.75, 3.05) is 12.5 Å². The SMILES string of the molecule is COc1ccc(Cn2c(=O)ccc3c(NNC(=O)C4(C)CC5CC(CC(C)(Cl)C5)C4)cccc32)cc1. The molecule has 2 aliphatic carbocycles. The van der Waals surface area contributed by atoms with Crippen LogP contribution in [0.5, 0.6) is 5.75 Å². The molecule has 1 heterocycles. The van der Waals surface area contributed by atoms with Gasteiger partial charge in [-0.1, -0.05) is 25.1 Å². The number of rotatable bonds is 6. The smallest absolute Gasteiger partial charge is 0.251 e. The van der Waals surface area contributed by atoms with Gasteiger partial charge in [-0.05, 0) is 86.8 Å². The van der Waals surface area contributed by atoms with E-state index in [0.29, 0.717) is 18.4 Å². The number of pyridine rings is 1. The molecule has 2 fully saturated rings. The van der Waals surface area contributed by atoms with Crippen molar-refractivity contribution in [3.8, 4) is 5.75 Å². The number of ether oxygens (including phenoxy) is 1. The highest BCUT2D eigenvalue weighted by Crippen LogP contribution is 2.53. The van der Waals surface area contributed by atoms with E-state index in [-0.39, 0.29) is 16.3 Å². The van der Waals surface area contributed by atoms with Crippen LogP contribution >= 0.6 is 11.6 Å². The normalized spacial score (nSPS) is 27.4. The monoisotopic (exact) mass is 507 g/mol. The molecule has 2 saturated carbocycles. The van der Waals surface area contributed by atoms with Gasteiger partial charge in [-0.25, -0.2) is 0 Å². The van der Waals surface area contributed by atoms with Crippen molar-refractivity contribution in [2.45, 2.75) is 57.4 Å². The lowest BCUT2D eigenvalue weighted by Crippen LogP contribution is -2.49. The van der Waals surface area contributed by atoms with Crippen molar-refractivity contribution in [1.29, 1.82) is 0 Å². The Morgan fingerprint density at radius 2 is 1.72 bits per heavy atom. The summed E-state index contributed by atoms with van der Waals surface area (Å²) >= 11 is 6.69. The maximum atomic E-state index is 13.4. The van der Waals surface area contributed by atoms with Crippen molar-refractivity contribution >= 4 is 34.1 Å². The quantitative estimate of drug-likeness (QED) is 0.331. The molecule has 2 bridgehead atoms. The number of hydrogen-bond acceptors (Lipinski definition) is 4. The highest BCUT2D eigenvalue weighted by Gasteiger charge is 2.48. The average molecular weight is 508 g/mol. The Morgan fingerprint density at radius 1 is 1.03 bits per heavy atom. The van der Waals surface area contributed by atoms with E-state index in [9.17, 15) is 9.59 Å². The van der Waals surface area contributed by atoms with E-state index >= 15 is 0 Å². The lowest BCUT2D eigenvalue weighted by atomic mass is 9.59. The molecule has 7 heteroatoms. The molecule has 2 aliphatic rings. The number of benzene rings is 2. The molecule has 1 aromatic heterocycles. The second-order valence-electron chi connectivity index (χ2n) is 11.2. The van der Waals surface area contributed by atoms with E-state index in [2.05, 4.69) is 24.7 Å². The third-order valence-corrected chi connectivity index (χ3v) is 8.27. The number of anilines is 1. The molecule has 3 aromatic rings. The first-order chi connectivity index (χ1) is 17.2. The lowest BCUT2D eigenvalue weighted by Gasteiger charge is -2.48. The Morgan fingerprint density at radius 3 is 2.39 bits per heavy atom. The first kappa shape index (κ1) is 24.7. The topological polar surface area (TPSA) is 72.4 Å². The minimum absolute atomic E-state index is 0.0129. The van der Waals surface area contributed by atoms with E-state index in [1.807, 2.05) is 48.5 Å². The lowest BCUT2D eigenvalue weighted by molar-refractivity contribution is -0.134. The molecule has 2 unspecified atom stereocenters. The number of hydrogen-bond donors (Lipinski definition) is 2. The summed E-state index contributed by atoms with van der Waals surface area (Å²) < 4.78 is 6.99. The number of aromatic nitrogens is 1. The maximum absolute atomic E-state index is 13.4. The van der Waals surface area contributed by atoms with Gasteiger partial charge in [0, 0.05) is 21.7 Å². The number of hydrazine groups is 1. The van der Waals surface area contributed by atoms with Crippen LogP contribution in [0.2, 0.25) is 0 Å². The van der Waals surface area contributed by atoms with Crippen LogP contribution in [0.1, 0.15) is 51.5 Å². The molecule has 2 atom stereocenters. The minimum atomic E-state index is -0.422. The van der Waals surface area contributed by atoms with Gasteiger partial charge in [-0.3, -0.25) is 20.4 Å². The zero-order valence-corrected chi connectivity index (χ0v) is 21.9. The summed E-state index contributed by atoms with van der Waals surface area (Å²) in [5, 5.41) is 0.870. The molecule has 0 spiro atoms. The van der Waals surface area contributed by atoms with E-state index in [0.717, 1.165) is 53.6 Å². The standard InChI is InChI=1S/C29H34ClN3O3/c1-28(14-20-13-21(15-28)17-29(2,30)16-20)27(35)32-31-24-5-4-6-25-23(24)11-12-26(34)33(25)18-19-7-9-22(36-3)10-8-19/h4-12,20-21,31H,13-18H2,1-3H3,(H,32,35). The second kappa shape index (κ2) is 9.47.